The van der Waals surface area contributed by atoms with Crippen molar-refractivity contribution >= 4 is 35.4 Å². The second-order valence-corrected chi connectivity index (χ2v) is 13.4. The Labute approximate surface area is 223 Å². The van der Waals surface area contributed by atoms with E-state index in [1.54, 1.807) is 39.5 Å². The molecule has 2 N–H and O–H groups in total. The lowest BCUT2D eigenvalue weighted by atomic mass is 10.1. The van der Waals surface area contributed by atoms with Gasteiger partial charge in [-0.2, -0.15) is 8.42 Å². The second-order valence-electron chi connectivity index (χ2n) is 8.73. The molecule has 0 aliphatic heterocycles. The van der Waals surface area contributed by atoms with E-state index in [2.05, 4.69) is 10.6 Å². The maximum absolute atomic E-state index is 13.4. The Morgan fingerprint density at radius 2 is 1.59 bits per heavy atom. The van der Waals surface area contributed by atoms with Crippen LogP contribution in [0.1, 0.15) is 13.3 Å². The average Bonchev–Trinajstić information content (AvgIpc) is 2.89. The number of benzene rings is 2. The van der Waals surface area contributed by atoms with Crippen LogP contribution in [-0.2, 0) is 32.3 Å². The zero-order valence-electron chi connectivity index (χ0n) is 22.9. The van der Waals surface area contributed by atoms with Crippen LogP contribution in [0.3, 0.4) is 0 Å². The van der Waals surface area contributed by atoms with Crippen molar-refractivity contribution in [2.75, 3.05) is 79.7 Å². The summed E-state index contributed by atoms with van der Waals surface area (Å²) in [6, 6.07) is 11.4. The summed E-state index contributed by atoms with van der Waals surface area (Å²) >= 11 is 0. The molecule has 37 heavy (non-hydrogen) atoms. The van der Waals surface area contributed by atoms with Gasteiger partial charge >= 0.3 is 8.80 Å². The van der Waals surface area contributed by atoms with E-state index in [0.29, 0.717) is 37.5 Å². The Balaban J connectivity index is 2.12. The van der Waals surface area contributed by atoms with Crippen molar-refractivity contribution < 1.29 is 30.6 Å². The molecule has 0 aromatic heterocycles. The lowest BCUT2D eigenvalue weighted by Gasteiger charge is -2.24. The van der Waals surface area contributed by atoms with Crippen LogP contribution in [-0.4, -0.2) is 98.1 Å². The third-order valence-electron chi connectivity index (χ3n) is 5.98. The van der Waals surface area contributed by atoms with E-state index in [4.69, 9.17) is 22.2 Å². The van der Waals surface area contributed by atoms with Gasteiger partial charge in [-0.05, 0) is 25.1 Å². The fraction of sp³-hybridized carbons (Fsp3) is 0.600. The SMILES string of the molecule is CCNCCNCC(COCCC[Si](OC)(OC)OC)OS(=O)(=O)c1cccc2c(N(C)C)cccc12. The number of nitrogens with one attached hydrogen (secondary N) is 2. The molecule has 0 heterocycles. The van der Waals surface area contributed by atoms with Gasteiger partial charge in [0.25, 0.3) is 10.1 Å². The molecule has 0 aliphatic carbocycles. The zero-order chi connectivity index (χ0) is 27.3. The normalized spacial score (nSPS) is 13.2. The van der Waals surface area contributed by atoms with Gasteiger partial charge in [0.1, 0.15) is 11.0 Å². The van der Waals surface area contributed by atoms with Crippen LogP contribution in [0.25, 0.3) is 10.8 Å². The van der Waals surface area contributed by atoms with Crippen LogP contribution in [0, 0.1) is 0 Å². The summed E-state index contributed by atoms with van der Waals surface area (Å²) in [6.45, 7) is 5.18. The molecule has 0 aliphatic rings. The van der Waals surface area contributed by atoms with Gasteiger partial charge in [-0.1, -0.05) is 31.2 Å². The average molecular weight is 558 g/mol. The largest absolute Gasteiger partial charge is 0.500 e. The lowest BCUT2D eigenvalue weighted by Crippen LogP contribution is -2.42. The van der Waals surface area contributed by atoms with Crippen molar-refractivity contribution in [2.45, 2.75) is 30.4 Å². The topological polar surface area (TPSA) is 108 Å². The molecule has 0 bridgehead atoms. The van der Waals surface area contributed by atoms with E-state index < -0.39 is 25.0 Å². The zero-order valence-corrected chi connectivity index (χ0v) is 24.7. The first-order valence-electron chi connectivity index (χ1n) is 12.5. The van der Waals surface area contributed by atoms with E-state index in [9.17, 15) is 8.42 Å². The van der Waals surface area contributed by atoms with E-state index in [-0.39, 0.29) is 11.5 Å². The summed E-state index contributed by atoms with van der Waals surface area (Å²) in [7, 11) is 1.83. The maximum atomic E-state index is 13.4. The number of likely N-dealkylation sites (N-methyl/N-ethyl adjacent to an activating group) is 1. The van der Waals surface area contributed by atoms with Gasteiger partial charge in [0, 0.05) is 84.2 Å². The summed E-state index contributed by atoms with van der Waals surface area (Å²) in [4.78, 5) is 2.10. The molecule has 0 saturated carbocycles. The predicted molar refractivity (Wildman–Crippen MR) is 149 cm³/mol. The van der Waals surface area contributed by atoms with Crippen molar-refractivity contribution in [3.8, 4) is 0 Å². The van der Waals surface area contributed by atoms with Crippen molar-refractivity contribution in [2.24, 2.45) is 0 Å². The van der Waals surface area contributed by atoms with Crippen LogP contribution < -0.4 is 15.5 Å². The van der Waals surface area contributed by atoms with Crippen molar-refractivity contribution in [3.63, 3.8) is 0 Å². The molecule has 210 valence electrons. The monoisotopic (exact) mass is 557 g/mol. The Kier molecular flexibility index (Phi) is 13.4. The van der Waals surface area contributed by atoms with Crippen molar-refractivity contribution in [3.05, 3.63) is 36.4 Å². The molecule has 2 rings (SSSR count). The van der Waals surface area contributed by atoms with Gasteiger partial charge in [-0.15, -0.1) is 0 Å². The summed E-state index contributed by atoms with van der Waals surface area (Å²) in [6.07, 6.45) is -0.0562. The van der Waals surface area contributed by atoms with E-state index in [1.807, 2.05) is 44.1 Å². The fourth-order valence-electron chi connectivity index (χ4n) is 4.00. The summed E-state index contributed by atoms with van der Waals surface area (Å²) in [5, 5.41) is 7.95. The Morgan fingerprint density at radius 3 is 2.24 bits per heavy atom. The first-order valence-corrected chi connectivity index (χ1v) is 15.8. The fourth-order valence-corrected chi connectivity index (χ4v) is 6.97. The molecule has 2 aromatic carbocycles. The molecular formula is C25H43N3O7SSi. The molecule has 0 radical (unpaired) electrons. The van der Waals surface area contributed by atoms with Crippen LogP contribution in [0.4, 0.5) is 5.69 Å². The minimum absolute atomic E-state index is 0.114. The van der Waals surface area contributed by atoms with Gasteiger partial charge < -0.3 is 33.5 Å². The predicted octanol–water partition coefficient (Wildman–Crippen LogP) is 2.46. The highest BCUT2D eigenvalue weighted by Gasteiger charge is 2.37. The Hall–Kier alpha value is -1.61. The highest BCUT2D eigenvalue weighted by molar-refractivity contribution is 7.87. The smallest absolute Gasteiger partial charge is 0.379 e. The molecule has 12 heteroatoms. The van der Waals surface area contributed by atoms with Gasteiger partial charge in [0.15, 0.2) is 0 Å². The third-order valence-corrected chi connectivity index (χ3v) is 10.2. The standard InChI is InChI=1S/C25H43N3O7SSi/c1-7-26-15-16-27-19-21(20-34-17-10-18-37(31-4,32-5)33-6)35-36(29,30)25-14-9-11-22-23(25)12-8-13-24(22)28(2)3/h8-9,11-14,21,26-27H,7,10,15-20H2,1-6H3. The number of hydrogen-bond donors (Lipinski definition) is 2. The van der Waals surface area contributed by atoms with E-state index >= 15 is 0 Å². The minimum Gasteiger partial charge on any atom is -0.379 e. The maximum Gasteiger partial charge on any atom is 0.500 e. The van der Waals surface area contributed by atoms with Gasteiger partial charge in [0.05, 0.1) is 6.61 Å². The number of hydrogen-bond acceptors (Lipinski definition) is 10. The van der Waals surface area contributed by atoms with Crippen molar-refractivity contribution in [1.82, 2.24) is 10.6 Å². The first kappa shape index (κ1) is 31.6. The molecule has 1 atom stereocenters. The van der Waals surface area contributed by atoms with E-state index in [0.717, 1.165) is 24.2 Å². The molecular weight excluding hydrogens is 514 g/mol. The van der Waals surface area contributed by atoms with Crippen LogP contribution in [0.5, 0.6) is 0 Å². The number of ether oxygens (including phenoxy) is 1. The van der Waals surface area contributed by atoms with E-state index in [1.165, 1.54) is 0 Å². The Bertz CT molecular complexity index is 1040. The van der Waals surface area contributed by atoms with Crippen molar-refractivity contribution in [1.29, 1.82) is 0 Å². The van der Waals surface area contributed by atoms with Crippen LogP contribution in [0.2, 0.25) is 6.04 Å². The lowest BCUT2D eigenvalue weighted by molar-refractivity contribution is 0.0506. The quantitative estimate of drug-likeness (QED) is 0.152. The number of fused-ring (bicyclic) bond motifs is 1. The molecule has 10 nitrogen and oxygen atoms in total. The highest BCUT2D eigenvalue weighted by Crippen LogP contribution is 2.31. The third kappa shape index (κ3) is 9.27. The molecule has 0 saturated heterocycles. The second kappa shape index (κ2) is 15.7. The number of rotatable bonds is 19. The minimum atomic E-state index is -4.06. The molecule has 0 fully saturated rings. The number of nitrogens with zero attached hydrogens (tertiary/aromatic N) is 1. The number of anilines is 1. The van der Waals surface area contributed by atoms with Crippen LogP contribution in [0.15, 0.2) is 41.3 Å². The molecule has 0 spiro atoms. The highest BCUT2D eigenvalue weighted by atomic mass is 32.2. The summed E-state index contributed by atoms with van der Waals surface area (Å²) < 4.78 is 54.7. The molecule has 1 unspecified atom stereocenters. The van der Waals surface area contributed by atoms with Gasteiger partial charge in [-0.25, -0.2) is 0 Å². The molecule has 0 amide bonds. The van der Waals surface area contributed by atoms with Gasteiger partial charge in [-0.3, -0.25) is 4.18 Å². The first-order chi connectivity index (χ1) is 17.7. The van der Waals surface area contributed by atoms with Gasteiger partial charge in [0.2, 0.25) is 0 Å². The molecule has 2 aromatic rings. The summed E-state index contributed by atoms with van der Waals surface area (Å²) in [5.74, 6) is 0. The van der Waals surface area contributed by atoms with Crippen LogP contribution >= 0.6 is 0 Å². The summed E-state index contributed by atoms with van der Waals surface area (Å²) in [5.41, 5.74) is 0.933. The Morgan fingerprint density at radius 1 is 0.946 bits per heavy atom.